The molecule has 1 aromatic rings. The van der Waals surface area contributed by atoms with E-state index in [1.54, 1.807) is 0 Å². The van der Waals surface area contributed by atoms with E-state index < -0.39 is 0 Å². The van der Waals surface area contributed by atoms with Crippen molar-refractivity contribution in [1.82, 2.24) is 4.90 Å². The summed E-state index contributed by atoms with van der Waals surface area (Å²) in [6.07, 6.45) is 6.12. The molecule has 0 atom stereocenters. The molecule has 2 nitrogen and oxygen atoms in total. The minimum absolute atomic E-state index is 0.452. The van der Waals surface area contributed by atoms with Gasteiger partial charge in [-0.1, -0.05) is 13.8 Å². The first-order valence-corrected chi connectivity index (χ1v) is 8.11. The lowest BCUT2D eigenvalue weighted by Gasteiger charge is -2.35. The van der Waals surface area contributed by atoms with E-state index in [4.69, 9.17) is 5.73 Å². The molecular weight excluding hydrogens is 240 g/mol. The van der Waals surface area contributed by atoms with E-state index >= 15 is 0 Å². The van der Waals surface area contributed by atoms with E-state index in [1.807, 2.05) is 11.3 Å². The van der Waals surface area contributed by atoms with Gasteiger partial charge in [0.1, 0.15) is 0 Å². The van der Waals surface area contributed by atoms with Crippen molar-refractivity contribution in [2.24, 2.45) is 5.73 Å². The zero-order valence-corrected chi connectivity index (χ0v) is 12.5. The molecule has 0 amide bonds. The molecule has 0 unspecified atom stereocenters. The Kier molecular flexibility index (Phi) is 5.22. The molecule has 0 aliphatic heterocycles. The normalized spacial score (nSPS) is 24.7. The predicted molar refractivity (Wildman–Crippen MR) is 80.0 cm³/mol. The van der Waals surface area contributed by atoms with Gasteiger partial charge >= 0.3 is 0 Å². The van der Waals surface area contributed by atoms with Crippen LogP contribution in [0.2, 0.25) is 0 Å². The summed E-state index contributed by atoms with van der Waals surface area (Å²) < 4.78 is 0. The highest BCUT2D eigenvalue weighted by molar-refractivity contribution is 7.11. The van der Waals surface area contributed by atoms with Gasteiger partial charge in [0.25, 0.3) is 0 Å². The van der Waals surface area contributed by atoms with Crippen LogP contribution in [0.15, 0.2) is 12.1 Å². The Hall–Kier alpha value is -0.380. The summed E-state index contributed by atoms with van der Waals surface area (Å²) in [5, 5.41) is 0. The standard InChI is InChI=1S/C15H26N2S/c1-3-14-9-10-15(18-14)11-17(4-2)13-7-5-12(16)6-8-13/h9-10,12-13H,3-8,11,16H2,1-2H3. The molecular formula is C15H26N2S. The molecule has 1 saturated carbocycles. The fraction of sp³-hybridized carbons (Fsp3) is 0.733. The Morgan fingerprint density at radius 1 is 1.17 bits per heavy atom. The smallest absolute Gasteiger partial charge is 0.0330 e. The van der Waals surface area contributed by atoms with Gasteiger partial charge in [-0.3, -0.25) is 4.90 Å². The van der Waals surface area contributed by atoms with Crippen LogP contribution in [0.4, 0.5) is 0 Å². The first-order valence-electron chi connectivity index (χ1n) is 7.30. The summed E-state index contributed by atoms with van der Waals surface area (Å²) in [4.78, 5) is 5.66. The Balaban J connectivity index is 1.92. The second kappa shape index (κ2) is 6.69. The number of nitrogens with zero attached hydrogens (tertiary/aromatic N) is 1. The van der Waals surface area contributed by atoms with Crippen molar-refractivity contribution in [2.45, 2.75) is 64.6 Å². The van der Waals surface area contributed by atoms with E-state index in [1.165, 1.54) is 35.4 Å². The van der Waals surface area contributed by atoms with Crippen LogP contribution in [0.3, 0.4) is 0 Å². The third-order valence-corrected chi connectivity index (χ3v) is 5.30. The van der Waals surface area contributed by atoms with Crippen molar-refractivity contribution in [1.29, 1.82) is 0 Å². The lowest BCUT2D eigenvalue weighted by molar-refractivity contribution is 0.150. The van der Waals surface area contributed by atoms with Crippen molar-refractivity contribution in [2.75, 3.05) is 6.54 Å². The number of rotatable bonds is 5. The van der Waals surface area contributed by atoms with Crippen molar-refractivity contribution in [3.05, 3.63) is 21.9 Å². The van der Waals surface area contributed by atoms with Gasteiger partial charge in [-0.25, -0.2) is 0 Å². The molecule has 1 aliphatic carbocycles. The van der Waals surface area contributed by atoms with Gasteiger partial charge in [-0.05, 0) is 50.8 Å². The molecule has 3 heteroatoms. The Bertz CT molecular complexity index is 353. The molecule has 0 bridgehead atoms. The van der Waals surface area contributed by atoms with Crippen molar-refractivity contribution >= 4 is 11.3 Å². The van der Waals surface area contributed by atoms with Crippen LogP contribution >= 0.6 is 11.3 Å². The maximum Gasteiger partial charge on any atom is 0.0330 e. The van der Waals surface area contributed by atoms with Gasteiger partial charge in [0.05, 0.1) is 0 Å². The molecule has 102 valence electrons. The van der Waals surface area contributed by atoms with Gasteiger partial charge in [-0.2, -0.15) is 0 Å². The van der Waals surface area contributed by atoms with E-state index in [-0.39, 0.29) is 0 Å². The topological polar surface area (TPSA) is 29.3 Å². The number of hydrogen-bond acceptors (Lipinski definition) is 3. The molecule has 1 aromatic heterocycles. The van der Waals surface area contributed by atoms with Gasteiger partial charge in [0.2, 0.25) is 0 Å². The van der Waals surface area contributed by atoms with Crippen LogP contribution in [-0.2, 0) is 13.0 Å². The van der Waals surface area contributed by atoms with E-state index in [0.29, 0.717) is 6.04 Å². The second-order valence-corrected chi connectivity index (χ2v) is 6.61. The Morgan fingerprint density at radius 3 is 2.39 bits per heavy atom. The average Bonchev–Trinajstić information content (AvgIpc) is 2.85. The molecule has 0 saturated heterocycles. The SMILES string of the molecule is CCc1ccc(CN(CC)C2CCC(N)CC2)s1. The predicted octanol–water partition coefficient (Wildman–Crippen LogP) is 3.40. The summed E-state index contributed by atoms with van der Waals surface area (Å²) in [6, 6.07) is 5.79. The van der Waals surface area contributed by atoms with Crippen LogP contribution in [0, 0.1) is 0 Å². The van der Waals surface area contributed by atoms with Crippen LogP contribution < -0.4 is 5.73 Å². The van der Waals surface area contributed by atoms with Crippen LogP contribution in [0.1, 0.15) is 49.3 Å². The highest BCUT2D eigenvalue weighted by atomic mass is 32.1. The molecule has 0 aromatic carbocycles. The van der Waals surface area contributed by atoms with Crippen LogP contribution in [0.5, 0.6) is 0 Å². The summed E-state index contributed by atoms with van der Waals surface area (Å²) >= 11 is 1.97. The quantitative estimate of drug-likeness (QED) is 0.885. The van der Waals surface area contributed by atoms with Crippen molar-refractivity contribution < 1.29 is 0 Å². The first kappa shape index (κ1) is 14.0. The number of hydrogen-bond donors (Lipinski definition) is 1. The summed E-state index contributed by atoms with van der Waals surface area (Å²) in [5.41, 5.74) is 6.00. The van der Waals surface area contributed by atoms with Crippen molar-refractivity contribution in [3.8, 4) is 0 Å². The summed E-state index contributed by atoms with van der Waals surface area (Å²) in [5.74, 6) is 0. The van der Waals surface area contributed by atoms with Gasteiger partial charge in [-0.15, -0.1) is 11.3 Å². The largest absolute Gasteiger partial charge is 0.328 e. The zero-order chi connectivity index (χ0) is 13.0. The summed E-state index contributed by atoms with van der Waals surface area (Å²) in [6.45, 7) is 6.79. The zero-order valence-electron chi connectivity index (χ0n) is 11.7. The minimum atomic E-state index is 0.452. The molecule has 2 rings (SSSR count). The number of thiophene rings is 1. The average molecular weight is 266 g/mol. The van der Waals surface area contributed by atoms with E-state index in [0.717, 1.165) is 25.6 Å². The summed E-state index contributed by atoms with van der Waals surface area (Å²) in [7, 11) is 0. The van der Waals surface area contributed by atoms with Crippen molar-refractivity contribution in [3.63, 3.8) is 0 Å². The third kappa shape index (κ3) is 3.56. The molecule has 1 aliphatic rings. The second-order valence-electron chi connectivity index (χ2n) is 5.35. The number of nitrogens with two attached hydrogens (primary N) is 1. The number of aryl methyl sites for hydroxylation is 1. The lowest BCUT2D eigenvalue weighted by atomic mass is 9.90. The highest BCUT2D eigenvalue weighted by Crippen LogP contribution is 2.25. The molecule has 0 spiro atoms. The third-order valence-electron chi connectivity index (χ3n) is 4.09. The van der Waals surface area contributed by atoms with Gasteiger partial charge in [0.15, 0.2) is 0 Å². The van der Waals surface area contributed by atoms with Crippen LogP contribution in [0.25, 0.3) is 0 Å². The molecule has 0 radical (unpaired) electrons. The Labute approximate surface area is 115 Å². The first-order chi connectivity index (χ1) is 8.72. The van der Waals surface area contributed by atoms with Gasteiger partial charge in [0, 0.05) is 28.4 Å². The fourth-order valence-corrected chi connectivity index (χ4v) is 3.85. The van der Waals surface area contributed by atoms with Crippen LogP contribution in [-0.4, -0.2) is 23.5 Å². The monoisotopic (exact) mass is 266 g/mol. The maximum atomic E-state index is 6.00. The Morgan fingerprint density at radius 2 is 1.83 bits per heavy atom. The van der Waals surface area contributed by atoms with Gasteiger partial charge < -0.3 is 5.73 Å². The van der Waals surface area contributed by atoms with E-state index in [2.05, 4.69) is 30.9 Å². The minimum Gasteiger partial charge on any atom is -0.328 e. The lowest BCUT2D eigenvalue weighted by Crippen LogP contribution is -2.40. The fourth-order valence-electron chi connectivity index (χ4n) is 2.86. The molecule has 1 fully saturated rings. The molecule has 18 heavy (non-hydrogen) atoms. The molecule has 2 N–H and O–H groups in total. The van der Waals surface area contributed by atoms with E-state index in [9.17, 15) is 0 Å². The molecule has 1 heterocycles. The highest BCUT2D eigenvalue weighted by Gasteiger charge is 2.23. The maximum absolute atomic E-state index is 6.00.